The molecule has 2 aromatic carbocycles. The van der Waals surface area contributed by atoms with Crippen LogP contribution in [-0.4, -0.2) is 56.0 Å². The SMILES string of the molecule is CCOc1ccc(N2C(=O)CN(Cc3ccc(Cl)cc3)C3CS(=O)(=O)CC32)cc1. The molecule has 0 radical (unpaired) electrons. The van der Waals surface area contributed by atoms with E-state index in [-0.39, 0.29) is 30.0 Å². The minimum atomic E-state index is -3.22. The number of rotatable bonds is 5. The summed E-state index contributed by atoms with van der Waals surface area (Å²) in [5.41, 5.74) is 1.71. The molecule has 2 aliphatic rings. The lowest BCUT2D eigenvalue weighted by Gasteiger charge is -2.43. The first-order valence-corrected chi connectivity index (χ1v) is 11.8. The summed E-state index contributed by atoms with van der Waals surface area (Å²) in [5, 5.41) is 0.645. The van der Waals surface area contributed by atoms with Gasteiger partial charge in [-0.25, -0.2) is 8.42 Å². The summed E-state index contributed by atoms with van der Waals surface area (Å²) in [7, 11) is -3.22. The lowest BCUT2D eigenvalue weighted by molar-refractivity contribution is -0.123. The van der Waals surface area contributed by atoms with Crippen LogP contribution in [0.4, 0.5) is 5.69 Å². The van der Waals surface area contributed by atoms with Crippen molar-refractivity contribution in [2.45, 2.75) is 25.6 Å². The first kappa shape index (κ1) is 20.2. The van der Waals surface area contributed by atoms with Crippen LogP contribution in [0.1, 0.15) is 12.5 Å². The quantitative estimate of drug-likeness (QED) is 0.723. The van der Waals surface area contributed by atoms with Crippen LogP contribution in [0.2, 0.25) is 5.02 Å². The van der Waals surface area contributed by atoms with Crippen LogP contribution in [0.15, 0.2) is 48.5 Å². The minimum absolute atomic E-state index is 0.0201. The van der Waals surface area contributed by atoms with E-state index < -0.39 is 15.9 Å². The maximum atomic E-state index is 13.1. The molecule has 2 heterocycles. The Balaban J connectivity index is 1.61. The molecule has 2 atom stereocenters. The van der Waals surface area contributed by atoms with E-state index in [4.69, 9.17) is 16.3 Å². The molecular formula is C21H23ClN2O4S. The van der Waals surface area contributed by atoms with Crippen LogP contribution in [0.5, 0.6) is 5.75 Å². The van der Waals surface area contributed by atoms with Crippen molar-refractivity contribution in [1.82, 2.24) is 4.90 Å². The Morgan fingerprint density at radius 3 is 2.34 bits per heavy atom. The average molecular weight is 435 g/mol. The lowest BCUT2D eigenvalue weighted by Crippen LogP contribution is -2.61. The van der Waals surface area contributed by atoms with Crippen LogP contribution >= 0.6 is 11.6 Å². The number of ether oxygens (including phenoxy) is 1. The number of amides is 1. The van der Waals surface area contributed by atoms with Crippen LogP contribution in [0.25, 0.3) is 0 Å². The molecule has 0 saturated carbocycles. The number of carbonyl (C=O) groups is 1. The van der Waals surface area contributed by atoms with Gasteiger partial charge in [0.1, 0.15) is 5.75 Å². The molecule has 29 heavy (non-hydrogen) atoms. The molecule has 6 nitrogen and oxygen atoms in total. The Hall–Kier alpha value is -2.09. The second-order valence-corrected chi connectivity index (χ2v) is 10.0. The van der Waals surface area contributed by atoms with Gasteiger partial charge in [0.25, 0.3) is 0 Å². The zero-order valence-electron chi connectivity index (χ0n) is 16.1. The van der Waals surface area contributed by atoms with Crippen LogP contribution in [0, 0.1) is 0 Å². The summed E-state index contributed by atoms with van der Waals surface area (Å²) in [5.74, 6) is 0.668. The maximum Gasteiger partial charge on any atom is 0.241 e. The molecule has 2 aromatic rings. The van der Waals surface area contributed by atoms with Gasteiger partial charge in [0.05, 0.1) is 30.7 Å². The molecule has 0 aliphatic carbocycles. The number of anilines is 1. The van der Waals surface area contributed by atoms with E-state index in [1.807, 2.05) is 48.2 Å². The molecule has 0 aromatic heterocycles. The molecule has 8 heteroatoms. The standard InChI is InChI=1S/C21H23ClN2O4S/c1-2-28-18-9-7-17(8-10-18)24-20-14-29(26,27)13-19(20)23(12-21(24)25)11-15-3-5-16(22)6-4-15/h3-10,19-20H,2,11-14H2,1H3. The summed E-state index contributed by atoms with van der Waals surface area (Å²) < 4.78 is 30.4. The number of hydrogen-bond donors (Lipinski definition) is 0. The normalized spacial score (nSPS) is 23.8. The van der Waals surface area contributed by atoms with Gasteiger partial charge >= 0.3 is 0 Å². The number of halogens is 1. The van der Waals surface area contributed by atoms with Crippen molar-refractivity contribution in [3.8, 4) is 5.75 Å². The minimum Gasteiger partial charge on any atom is -0.494 e. The zero-order valence-corrected chi connectivity index (χ0v) is 17.7. The Morgan fingerprint density at radius 2 is 1.69 bits per heavy atom. The number of sulfone groups is 1. The van der Waals surface area contributed by atoms with Crippen molar-refractivity contribution in [1.29, 1.82) is 0 Å². The van der Waals surface area contributed by atoms with Gasteiger partial charge in [-0.1, -0.05) is 23.7 Å². The first-order chi connectivity index (χ1) is 13.9. The molecule has 0 spiro atoms. The summed E-state index contributed by atoms with van der Waals surface area (Å²) in [6.45, 7) is 3.15. The van der Waals surface area contributed by atoms with Crippen LogP contribution < -0.4 is 9.64 Å². The predicted octanol–water partition coefficient (Wildman–Crippen LogP) is 2.75. The predicted molar refractivity (Wildman–Crippen MR) is 113 cm³/mol. The van der Waals surface area contributed by atoms with Crippen molar-refractivity contribution in [2.24, 2.45) is 0 Å². The monoisotopic (exact) mass is 434 g/mol. The van der Waals surface area contributed by atoms with Crippen LogP contribution in [0.3, 0.4) is 0 Å². The smallest absolute Gasteiger partial charge is 0.241 e. The second-order valence-electron chi connectivity index (χ2n) is 7.43. The van der Waals surface area contributed by atoms with Crippen molar-refractivity contribution in [3.63, 3.8) is 0 Å². The number of hydrogen-bond acceptors (Lipinski definition) is 5. The molecular weight excluding hydrogens is 412 g/mol. The molecule has 2 fully saturated rings. The van der Waals surface area contributed by atoms with E-state index in [0.717, 1.165) is 11.3 Å². The van der Waals surface area contributed by atoms with Crippen molar-refractivity contribution < 1.29 is 17.9 Å². The van der Waals surface area contributed by atoms with Gasteiger partial charge in [-0.2, -0.15) is 0 Å². The van der Waals surface area contributed by atoms with Gasteiger partial charge in [0, 0.05) is 23.3 Å². The highest BCUT2D eigenvalue weighted by Crippen LogP contribution is 2.33. The maximum absolute atomic E-state index is 13.1. The Kier molecular flexibility index (Phi) is 5.55. The van der Waals surface area contributed by atoms with Crippen molar-refractivity contribution in [2.75, 3.05) is 29.6 Å². The highest BCUT2D eigenvalue weighted by molar-refractivity contribution is 7.91. The Labute approximate surface area is 175 Å². The third-order valence-electron chi connectivity index (χ3n) is 5.43. The number of benzene rings is 2. The van der Waals surface area contributed by atoms with Gasteiger partial charge in [-0.15, -0.1) is 0 Å². The second kappa shape index (κ2) is 7.97. The molecule has 154 valence electrons. The Bertz CT molecular complexity index is 992. The van der Waals surface area contributed by atoms with Crippen molar-refractivity contribution >= 4 is 33.0 Å². The summed E-state index contributed by atoms with van der Waals surface area (Å²) in [6, 6.07) is 14.0. The van der Waals surface area contributed by atoms with Crippen LogP contribution in [-0.2, 0) is 21.2 Å². The molecule has 4 rings (SSSR count). The van der Waals surface area contributed by atoms with E-state index in [1.54, 1.807) is 17.0 Å². The topological polar surface area (TPSA) is 66.9 Å². The molecule has 0 N–H and O–H groups in total. The molecule has 2 unspecified atom stereocenters. The van der Waals surface area contributed by atoms with Crippen molar-refractivity contribution in [3.05, 3.63) is 59.1 Å². The number of piperazine rings is 1. The van der Waals surface area contributed by atoms with E-state index in [0.29, 0.717) is 23.9 Å². The van der Waals surface area contributed by atoms with Gasteiger partial charge in [0.15, 0.2) is 9.84 Å². The summed E-state index contributed by atoms with van der Waals surface area (Å²) in [4.78, 5) is 16.7. The summed E-state index contributed by atoms with van der Waals surface area (Å²) >= 11 is 5.96. The largest absolute Gasteiger partial charge is 0.494 e. The van der Waals surface area contributed by atoms with Gasteiger partial charge in [-0.3, -0.25) is 9.69 Å². The highest BCUT2D eigenvalue weighted by Gasteiger charge is 2.49. The summed E-state index contributed by atoms with van der Waals surface area (Å²) in [6.07, 6.45) is 0. The van der Waals surface area contributed by atoms with E-state index in [9.17, 15) is 13.2 Å². The van der Waals surface area contributed by atoms with Gasteiger partial charge in [0.2, 0.25) is 5.91 Å². The fraction of sp³-hybridized carbons (Fsp3) is 0.381. The zero-order chi connectivity index (χ0) is 20.6. The van der Waals surface area contributed by atoms with E-state index >= 15 is 0 Å². The number of carbonyl (C=O) groups excluding carboxylic acids is 1. The van der Waals surface area contributed by atoms with Gasteiger partial charge in [-0.05, 0) is 48.9 Å². The third kappa shape index (κ3) is 4.27. The lowest BCUT2D eigenvalue weighted by atomic mass is 10.0. The highest BCUT2D eigenvalue weighted by atomic mass is 35.5. The first-order valence-electron chi connectivity index (χ1n) is 9.60. The molecule has 1 amide bonds. The number of fused-ring (bicyclic) bond motifs is 1. The van der Waals surface area contributed by atoms with E-state index in [2.05, 4.69) is 0 Å². The molecule has 2 saturated heterocycles. The Morgan fingerprint density at radius 1 is 1.03 bits per heavy atom. The van der Waals surface area contributed by atoms with E-state index in [1.165, 1.54) is 0 Å². The fourth-order valence-electron chi connectivity index (χ4n) is 4.16. The fourth-order valence-corrected chi connectivity index (χ4v) is 6.27. The number of nitrogens with zero attached hydrogens (tertiary/aromatic N) is 2. The molecule has 0 bridgehead atoms. The average Bonchev–Trinajstić information content (AvgIpc) is 3.00. The molecule has 2 aliphatic heterocycles. The van der Waals surface area contributed by atoms with Gasteiger partial charge < -0.3 is 9.64 Å². The third-order valence-corrected chi connectivity index (χ3v) is 7.38.